The minimum absolute atomic E-state index is 0.102. The summed E-state index contributed by atoms with van der Waals surface area (Å²) in [4.78, 5) is 16.2. The van der Waals surface area contributed by atoms with Crippen molar-refractivity contribution in [1.29, 1.82) is 0 Å². The molecule has 0 radical (unpaired) electrons. The summed E-state index contributed by atoms with van der Waals surface area (Å²) in [5, 5.41) is 10.5. The maximum atomic E-state index is 10.5. The third-order valence-electron chi connectivity index (χ3n) is 4.20. The number of hydrogen-bond donors (Lipinski definition) is 1. The average Bonchev–Trinajstić information content (AvgIpc) is 2.92. The first kappa shape index (κ1) is 11.4. The fourth-order valence-electron chi connectivity index (χ4n) is 3.19. The lowest BCUT2D eigenvalue weighted by Gasteiger charge is -2.19. The molecule has 6 heteroatoms. The second kappa shape index (κ2) is 4.20. The van der Waals surface area contributed by atoms with Gasteiger partial charge in [0.1, 0.15) is 0 Å². The Morgan fingerprint density at radius 1 is 1.39 bits per heavy atom. The molecule has 0 spiro atoms. The van der Waals surface area contributed by atoms with Crippen molar-refractivity contribution in [1.82, 2.24) is 4.98 Å². The van der Waals surface area contributed by atoms with E-state index in [1.807, 2.05) is 0 Å². The zero-order valence-corrected chi connectivity index (χ0v) is 10.0. The molecular weight excluding hydrogens is 232 g/mol. The summed E-state index contributed by atoms with van der Waals surface area (Å²) >= 11 is 0. The Kier molecular flexibility index (Phi) is 2.66. The lowest BCUT2D eigenvalue weighted by molar-refractivity contribution is -0.389. The number of hydrogen-bond acceptors (Lipinski definition) is 5. The van der Waals surface area contributed by atoms with Crippen LogP contribution in [0.15, 0.2) is 18.3 Å². The summed E-state index contributed by atoms with van der Waals surface area (Å²) in [6.07, 6.45) is 3.91. The van der Waals surface area contributed by atoms with E-state index in [0.717, 1.165) is 25.2 Å². The third kappa shape index (κ3) is 1.82. The van der Waals surface area contributed by atoms with E-state index in [0.29, 0.717) is 17.9 Å². The molecule has 1 saturated carbocycles. The summed E-state index contributed by atoms with van der Waals surface area (Å²) in [6.45, 7) is 1.95. The molecular formula is C12H16N4O2. The maximum Gasteiger partial charge on any atom is 0.363 e. The van der Waals surface area contributed by atoms with E-state index in [1.165, 1.54) is 12.5 Å². The quantitative estimate of drug-likeness (QED) is 0.627. The molecule has 0 bridgehead atoms. The van der Waals surface area contributed by atoms with Crippen molar-refractivity contribution in [3.63, 3.8) is 0 Å². The summed E-state index contributed by atoms with van der Waals surface area (Å²) in [7, 11) is 0. The van der Waals surface area contributed by atoms with Crippen LogP contribution in [0.25, 0.3) is 0 Å². The van der Waals surface area contributed by atoms with Gasteiger partial charge in [-0.2, -0.15) is 0 Å². The molecule has 2 fully saturated rings. The highest BCUT2D eigenvalue weighted by Crippen LogP contribution is 2.38. The van der Waals surface area contributed by atoms with Gasteiger partial charge in [-0.05, 0) is 40.7 Å². The fraction of sp³-hybridized carbons (Fsp3) is 0.583. The highest BCUT2D eigenvalue weighted by atomic mass is 16.6. The van der Waals surface area contributed by atoms with E-state index in [4.69, 9.17) is 5.73 Å². The molecule has 3 atom stereocenters. The van der Waals surface area contributed by atoms with Gasteiger partial charge in [-0.15, -0.1) is 0 Å². The first-order chi connectivity index (χ1) is 8.65. The Morgan fingerprint density at radius 2 is 2.22 bits per heavy atom. The number of anilines is 1. The minimum Gasteiger partial charge on any atom is -0.368 e. The molecule has 1 aliphatic carbocycles. The van der Waals surface area contributed by atoms with E-state index >= 15 is 0 Å². The van der Waals surface area contributed by atoms with Crippen molar-refractivity contribution in [2.75, 3.05) is 18.0 Å². The van der Waals surface area contributed by atoms with Crippen LogP contribution in [0, 0.1) is 22.0 Å². The molecule has 0 amide bonds. The number of rotatable bonds is 2. The molecule has 2 N–H and O–H groups in total. The average molecular weight is 248 g/mol. The van der Waals surface area contributed by atoms with Crippen molar-refractivity contribution in [2.45, 2.75) is 18.9 Å². The Balaban J connectivity index is 1.75. The van der Waals surface area contributed by atoms with Crippen molar-refractivity contribution >= 4 is 11.5 Å². The van der Waals surface area contributed by atoms with E-state index in [1.54, 1.807) is 12.3 Å². The lowest BCUT2D eigenvalue weighted by atomic mass is 9.98. The van der Waals surface area contributed by atoms with Gasteiger partial charge in [-0.1, -0.05) is 0 Å². The predicted molar refractivity (Wildman–Crippen MR) is 67.3 cm³/mol. The summed E-state index contributed by atoms with van der Waals surface area (Å²) in [5.74, 6) is 1.14. The monoisotopic (exact) mass is 248 g/mol. The minimum atomic E-state index is -0.474. The first-order valence-electron chi connectivity index (χ1n) is 6.26. The van der Waals surface area contributed by atoms with Crippen LogP contribution in [0.5, 0.6) is 0 Å². The standard InChI is InChI=1S/C12H16N4O2/c13-11-3-1-8-6-15(7-10(8)11)9-2-4-12(14-5-9)16(17)18/h2,4-5,8,10-11H,1,3,6-7,13H2. The molecule has 1 aromatic heterocycles. The van der Waals surface area contributed by atoms with Gasteiger partial charge in [-0.25, -0.2) is 0 Å². The van der Waals surface area contributed by atoms with Crippen LogP contribution < -0.4 is 10.6 Å². The highest BCUT2D eigenvalue weighted by molar-refractivity contribution is 5.48. The van der Waals surface area contributed by atoms with Gasteiger partial charge in [0.2, 0.25) is 0 Å². The van der Waals surface area contributed by atoms with Gasteiger partial charge in [0, 0.05) is 25.2 Å². The lowest BCUT2D eigenvalue weighted by Crippen LogP contribution is -2.30. The topological polar surface area (TPSA) is 85.3 Å². The van der Waals surface area contributed by atoms with Crippen LogP contribution in [-0.2, 0) is 0 Å². The number of nitrogens with zero attached hydrogens (tertiary/aromatic N) is 3. The highest BCUT2D eigenvalue weighted by Gasteiger charge is 2.41. The molecule has 18 heavy (non-hydrogen) atoms. The molecule has 0 aromatic carbocycles. The van der Waals surface area contributed by atoms with Gasteiger partial charge in [-0.3, -0.25) is 0 Å². The molecule has 96 valence electrons. The zero-order valence-electron chi connectivity index (χ0n) is 10.0. The Hall–Kier alpha value is -1.69. The fourth-order valence-corrected chi connectivity index (χ4v) is 3.19. The molecule has 2 heterocycles. The van der Waals surface area contributed by atoms with Crippen molar-refractivity contribution in [3.05, 3.63) is 28.4 Å². The van der Waals surface area contributed by atoms with Crippen molar-refractivity contribution in [3.8, 4) is 0 Å². The molecule has 3 rings (SSSR count). The van der Waals surface area contributed by atoms with Gasteiger partial charge in [0.15, 0.2) is 6.20 Å². The van der Waals surface area contributed by atoms with Gasteiger partial charge >= 0.3 is 5.82 Å². The summed E-state index contributed by atoms with van der Waals surface area (Å²) in [6, 6.07) is 3.55. The van der Waals surface area contributed by atoms with Gasteiger partial charge in [0.05, 0.1) is 5.69 Å². The SMILES string of the molecule is NC1CCC2CN(c3ccc([N+](=O)[O-])nc3)CC12. The number of nitro groups is 1. The molecule has 3 unspecified atom stereocenters. The molecule has 1 aromatic rings. The largest absolute Gasteiger partial charge is 0.368 e. The van der Waals surface area contributed by atoms with E-state index in [2.05, 4.69) is 9.88 Å². The van der Waals surface area contributed by atoms with Crippen LogP contribution in [0.4, 0.5) is 11.5 Å². The summed E-state index contributed by atoms with van der Waals surface area (Å²) in [5.41, 5.74) is 7.05. The number of fused-ring (bicyclic) bond motifs is 1. The van der Waals surface area contributed by atoms with Crippen LogP contribution in [0.1, 0.15) is 12.8 Å². The third-order valence-corrected chi connectivity index (χ3v) is 4.20. The van der Waals surface area contributed by atoms with E-state index < -0.39 is 4.92 Å². The Labute approximate surface area is 105 Å². The Morgan fingerprint density at radius 3 is 2.83 bits per heavy atom. The maximum absolute atomic E-state index is 10.5. The normalized spacial score (nSPS) is 30.5. The first-order valence-corrected chi connectivity index (χ1v) is 6.26. The zero-order chi connectivity index (χ0) is 12.7. The van der Waals surface area contributed by atoms with Crippen molar-refractivity contribution < 1.29 is 4.92 Å². The second-order valence-electron chi connectivity index (χ2n) is 5.20. The molecule has 6 nitrogen and oxygen atoms in total. The smallest absolute Gasteiger partial charge is 0.363 e. The number of aromatic nitrogens is 1. The van der Waals surface area contributed by atoms with Crippen LogP contribution in [-0.4, -0.2) is 29.0 Å². The predicted octanol–water partition coefficient (Wildman–Crippen LogP) is 1.16. The van der Waals surface area contributed by atoms with Crippen LogP contribution in [0.3, 0.4) is 0 Å². The van der Waals surface area contributed by atoms with Gasteiger partial charge < -0.3 is 20.7 Å². The molecule has 2 aliphatic rings. The molecule has 1 aliphatic heterocycles. The van der Waals surface area contributed by atoms with Crippen LogP contribution >= 0.6 is 0 Å². The van der Waals surface area contributed by atoms with E-state index in [9.17, 15) is 10.1 Å². The number of nitrogens with two attached hydrogens (primary N) is 1. The second-order valence-corrected chi connectivity index (χ2v) is 5.20. The van der Waals surface area contributed by atoms with E-state index in [-0.39, 0.29) is 5.82 Å². The van der Waals surface area contributed by atoms with Crippen molar-refractivity contribution in [2.24, 2.45) is 17.6 Å². The molecule has 1 saturated heterocycles. The van der Waals surface area contributed by atoms with Crippen LogP contribution in [0.2, 0.25) is 0 Å². The Bertz CT molecular complexity index is 462. The van der Waals surface area contributed by atoms with Gasteiger partial charge in [0.25, 0.3) is 0 Å². The summed E-state index contributed by atoms with van der Waals surface area (Å²) < 4.78 is 0. The number of pyridine rings is 1.